The Morgan fingerprint density at radius 1 is 1.11 bits per heavy atom. The first-order valence-corrected chi connectivity index (χ1v) is 7.61. The van der Waals surface area contributed by atoms with Crippen molar-refractivity contribution in [2.45, 2.75) is 38.5 Å². The average Bonchev–Trinajstić information content (AvgIpc) is 2.44. The highest BCUT2D eigenvalue weighted by atomic mass is 35.5. The molecule has 1 aromatic carbocycles. The van der Waals surface area contributed by atoms with E-state index in [2.05, 4.69) is 12.1 Å². The number of nitrogens with zero attached hydrogens (tertiary/aromatic N) is 1. The molecule has 0 unspecified atom stereocenters. The molecule has 0 bridgehead atoms. The monoisotopic (exact) mass is 281 g/mol. The van der Waals surface area contributed by atoms with Crippen LogP contribution in [0.2, 0.25) is 0 Å². The minimum absolute atomic E-state index is 0.252. The third-order valence-electron chi connectivity index (χ3n) is 3.25. The van der Waals surface area contributed by atoms with E-state index < -0.39 is 0 Å². The molecule has 0 saturated heterocycles. The number of carbonyl (C=O) groups excluding carboxylic acids is 1. The van der Waals surface area contributed by atoms with Crippen molar-refractivity contribution in [1.29, 1.82) is 0 Å². The van der Waals surface area contributed by atoms with Crippen molar-refractivity contribution < 1.29 is 4.79 Å². The first kappa shape index (κ1) is 16.0. The molecule has 0 atom stereocenters. The molecule has 0 heterocycles. The van der Waals surface area contributed by atoms with Crippen LogP contribution in [-0.2, 0) is 11.2 Å². The fourth-order valence-corrected chi connectivity index (χ4v) is 2.21. The topological polar surface area (TPSA) is 20.3 Å². The van der Waals surface area contributed by atoms with Gasteiger partial charge in [0.2, 0.25) is 5.91 Å². The van der Waals surface area contributed by atoms with E-state index in [1.165, 1.54) is 5.56 Å². The minimum Gasteiger partial charge on any atom is -0.346 e. The van der Waals surface area contributed by atoms with Gasteiger partial charge in [0.1, 0.15) is 0 Å². The van der Waals surface area contributed by atoms with E-state index in [1.807, 2.05) is 30.1 Å². The summed E-state index contributed by atoms with van der Waals surface area (Å²) >= 11 is 5.63. The van der Waals surface area contributed by atoms with Crippen LogP contribution in [-0.4, -0.2) is 30.3 Å². The number of alkyl halides is 1. The number of amides is 1. The van der Waals surface area contributed by atoms with Crippen LogP contribution in [0.3, 0.4) is 0 Å². The first-order chi connectivity index (χ1) is 9.24. The summed E-state index contributed by atoms with van der Waals surface area (Å²) < 4.78 is 0. The van der Waals surface area contributed by atoms with Crippen molar-refractivity contribution in [3.63, 3.8) is 0 Å². The van der Waals surface area contributed by atoms with Gasteiger partial charge in [-0.15, -0.1) is 11.6 Å². The van der Waals surface area contributed by atoms with Gasteiger partial charge < -0.3 is 4.90 Å². The summed E-state index contributed by atoms with van der Waals surface area (Å²) in [6.45, 7) is 0.848. The van der Waals surface area contributed by atoms with Crippen LogP contribution in [0.15, 0.2) is 30.3 Å². The van der Waals surface area contributed by atoms with Crippen LogP contribution in [0.1, 0.15) is 37.7 Å². The summed E-state index contributed by atoms with van der Waals surface area (Å²) in [7, 11) is 1.89. The molecule has 0 fully saturated rings. The number of benzene rings is 1. The standard InChI is InChI=1S/C16H24ClNO/c1-18(14-7-3-6-13-17)16(19)12-8-11-15-9-4-2-5-10-15/h2,4-5,9-10H,3,6-8,11-14H2,1H3. The number of hydrogen-bond donors (Lipinski definition) is 0. The quantitative estimate of drug-likeness (QED) is 0.497. The zero-order valence-corrected chi connectivity index (χ0v) is 12.5. The molecule has 19 heavy (non-hydrogen) atoms. The number of halogens is 1. The second kappa shape index (κ2) is 9.85. The molecule has 1 rings (SSSR count). The maximum Gasteiger partial charge on any atom is 0.222 e. The highest BCUT2D eigenvalue weighted by Crippen LogP contribution is 2.06. The van der Waals surface area contributed by atoms with Crippen LogP contribution in [0.4, 0.5) is 0 Å². The van der Waals surface area contributed by atoms with E-state index in [4.69, 9.17) is 11.6 Å². The molecule has 0 N–H and O–H groups in total. The fourth-order valence-electron chi connectivity index (χ4n) is 2.02. The van der Waals surface area contributed by atoms with Gasteiger partial charge in [0.15, 0.2) is 0 Å². The van der Waals surface area contributed by atoms with Crippen LogP contribution in [0, 0.1) is 0 Å². The Labute approximate surface area is 121 Å². The third-order valence-corrected chi connectivity index (χ3v) is 3.52. The molecule has 0 aliphatic rings. The largest absolute Gasteiger partial charge is 0.346 e. The Balaban J connectivity index is 2.13. The Bertz CT molecular complexity index is 353. The van der Waals surface area contributed by atoms with Crippen molar-refractivity contribution in [2.75, 3.05) is 19.5 Å². The zero-order chi connectivity index (χ0) is 13.9. The maximum atomic E-state index is 11.9. The molecule has 106 valence electrons. The molecule has 3 heteroatoms. The molecular weight excluding hydrogens is 258 g/mol. The van der Waals surface area contributed by atoms with Crippen LogP contribution < -0.4 is 0 Å². The van der Waals surface area contributed by atoms with Crippen molar-refractivity contribution in [2.24, 2.45) is 0 Å². The lowest BCUT2D eigenvalue weighted by Crippen LogP contribution is -2.27. The van der Waals surface area contributed by atoms with Crippen molar-refractivity contribution in [3.05, 3.63) is 35.9 Å². The van der Waals surface area contributed by atoms with E-state index in [-0.39, 0.29) is 5.91 Å². The van der Waals surface area contributed by atoms with Crippen LogP contribution >= 0.6 is 11.6 Å². The van der Waals surface area contributed by atoms with E-state index in [0.717, 1.165) is 44.5 Å². The van der Waals surface area contributed by atoms with E-state index in [0.29, 0.717) is 6.42 Å². The molecular formula is C16H24ClNO. The first-order valence-electron chi connectivity index (χ1n) is 7.08. The summed E-state index contributed by atoms with van der Waals surface area (Å²) in [5.74, 6) is 0.969. The van der Waals surface area contributed by atoms with Gasteiger partial charge in [-0.2, -0.15) is 0 Å². The normalized spacial score (nSPS) is 10.4. The summed E-state index contributed by atoms with van der Waals surface area (Å²) in [4.78, 5) is 13.7. The predicted octanol–water partition coefficient (Wildman–Crippen LogP) is 3.88. The lowest BCUT2D eigenvalue weighted by atomic mass is 10.1. The number of unbranched alkanes of at least 4 members (excludes halogenated alkanes) is 2. The second-order valence-electron chi connectivity index (χ2n) is 4.90. The SMILES string of the molecule is CN(CCCCCCl)C(=O)CCCc1ccccc1. The van der Waals surface area contributed by atoms with Crippen molar-refractivity contribution in [1.82, 2.24) is 4.90 Å². The Morgan fingerprint density at radius 3 is 2.53 bits per heavy atom. The van der Waals surface area contributed by atoms with Gasteiger partial charge in [-0.25, -0.2) is 0 Å². The number of hydrogen-bond acceptors (Lipinski definition) is 1. The van der Waals surface area contributed by atoms with E-state index >= 15 is 0 Å². The predicted molar refractivity (Wildman–Crippen MR) is 81.6 cm³/mol. The zero-order valence-electron chi connectivity index (χ0n) is 11.8. The number of carbonyl (C=O) groups is 1. The minimum atomic E-state index is 0.252. The van der Waals surface area contributed by atoms with Gasteiger partial charge in [0.05, 0.1) is 0 Å². The van der Waals surface area contributed by atoms with Gasteiger partial charge in [-0.1, -0.05) is 36.8 Å². The van der Waals surface area contributed by atoms with Gasteiger partial charge >= 0.3 is 0 Å². The number of rotatable bonds is 9. The molecule has 2 nitrogen and oxygen atoms in total. The Morgan fingerprint density at radius 2 is 1.84 bits per heavy atom. The summed E-state index contributed by atoms with van der Waals surface area (Å²) in [5.41, 5.74) is 1.31. The van der Waals surface area contributed by atoms with E-state index in [1.54, 1.807) is 0 Å². The summed E-state index contributed by atoms with van der Waals surface area (Å²) in [5, 5.41) is 0. The van der Waals surface area contributed by atoms with Crippen LogP contribution in [0.25, 0.3) is 0 Å². The summed E-state index contributed by atoms with van der Waals surface area (Å²) in [6, 6.07) is 10.3. The molecule has 0 radical (unpaired) electrons. The maximum absolute atomic E-state index is 11.9. The average molecular weight is 282 g/mol. The van der Waals surface area contributed by atoms with Gasteiger partial charge in [-0.3, -0.25) is 4.79 Å². The van der Waals surface area contributed by atoms with Crippen molar-refractivity contribution >= 4 is 17.5 Å². The van der Waals surface area contributed by atoms with Gasteiger partial charge in [-0.05, 0) is 31.2 Å². The highest BCUT2D eigenvalue weighted by molar-refractivity contribution is 6.17. The van der Waals surface area contributed by atoms with E-state index in [9.17, 15) is 4.79 Å². The summed E-state index contributed by atoms with van der Waals surface area (Å²) in [6.07, 6.45) is 5.73. The highest BCUT2D eigenvalue weighted by Gasteiger charge is 2.07. The fraction of sp³-hybridized carbons (Fsp3) is 0.562. The van der Waals surface area contributed by atoms with Crippen molar-refractivity contribution in [3.8, 4) is 0 Å². The number of aryl methyl sites for hydroxylation is 1. The molecule has 1 aromatic rings. The lowest BCUT2D eigenvalue weighted by molar-refractivity contribution is -0.130. The molecule has 0 aromatic heterocycles. The third kappa shape index (κ3) is 7.22. The lowest BCUT2D eigenvalue weighted by Gasteiger charge is -2.16. The molecule has 0 saturated carbocycles. The molecule has 0 aliphatic carbocycles. The van der Waals surface area contributed by atoms with Gasteiger partial charge in [0, 0.05) is 25.9 Å². The molecule has 0 spiro atoms. The second-order valence-corrected chi connectivity index (χ2v) is 5.28. The Kier molecular flexibility index (Phi) is 8.31. The molecule has 1 amide bonds. The van der Waals surface area contributed by atoms with Gasteiger partial charge in [0.25, 0.3) is 0 Å². The smallest absolute Gasteiger partial charge is 0.222 e. The van der Waals surface area contributed by atoms with Crippen LogP contribution in [0.5, 0.6) is 0 Å². The molecule has 0 aliphatic heterocycles. The Hall–Kier alpha value is -1.02.